The Morgan fingerprint density at radius 2 is 1.68 bits per heavy atom. The zero-order valence-corrected chi connectivity index (χ0v) is 26.1. The minimum absolute atomic E-state index is 0.105. The zero-order chi connectivity index (χ0) is 27.7. The van der Waals surface area contributed by atoms with Gasteiger partial charge in [0.1, 0.15) is 0 Å². The van der Waals surface area contributed by atoms with Crippen molar-refractivity contribution >= 4 is 5.91 Å². The topological polar surface area (TPSA) is 20.3 Å². The number of amides is 1. The summed E-state index contributed by atoms with van der Waals surface area (Å²) in [5, 5.41) is 0. The van der Waals surface area contributed by atoms with Crippen LogP contribution in [-0.2, 0) is 4.79 Å². The maximum absolute atomic E-state index is 12.2. The largest absolute Gasteiger partial charge is 0.342 e. The Bertz CT molecular complexity index is 844. The number of allylic oxidation sites excluding steroid dienone is 1. The minimum atomic E-state index is 0.105. The third-order valence-corrected chi connectivity index (χ3v) is 12.8. The van der Waals surface area contributed by atoms with Gasteiger partial charge in [-0.05, 0) is 142 Å². The average molecular weight is 524 g/mol. The highest BCUT2D eigenvalue weighted by Gasteiger charge is 2.60. The summed E-state index contributed by atoms with van der Waals surface area (Å²) in [4.78, 5) is 14.0. The molecular formula is C36H61NO. The maximum atomic E-state index is 12.2. The lowest BCUT2D eigenvalue weighted by Gasteiger charge is -2.61. The van der Waals surface area contributed by atoms with Crippen molar-refractivity contribution in [1.82, 2.24) is 4.90 Å². The summed E-state index contributed by atoms with van der Waals surface area (Å²) in [6, 6.07) is 0. The number of hydrogen-bond donors (Lipinski definition) is 0. The Kier molecular flexibility index (Phi) is 9.62. The number of carbonyl (C=O) groups excluding carboxylic acids is 1. The smallest absolute Gasteiger partial charge is 0.248 e. The normalized spacial score (nSPS) is 39.1. The van der Waals surface area contributed by atoms with Crippen LogP contribution in [0.25, 0.3) is 0 Å². The molecule has 1 amide bonds. The fourth-order valence-electron chi connectivity index (χ4n) is 10.6. The van der Waals surface area contributed by atoms with Crippen molar-refractivity contribution in [2.24, 2.45) is 58.2 Å². The molecule has 4 fully saturated rings. The Morgan fingerprint density at radius 3 is 2.37 bits per heavy atom. The molecule has 0 aliphatic heterocycles. The molecule has 0 spiro atoms. The molecule has 0 aromatic rings. The summed E-state index contributed by atoms with van der Waals surface area (Å²) in [7, 11) is 1.93. The Morgan fingerprint density at radius 1 is 0.974 bits per heavy atom. The van der Waals surface area contributed by atoms with E-state index in [-0.39, 0.29) is 5.91 Å². The summed E-state index contributed by atoms with van der Waals surface area (Å²) in [6.45, 7) is 21.0. The standard InChI is InChI=1S/C36H61NO/c1-9-28(14-10-12-25(2)3)31-17-18-32-30-16-15-29-24-27(13-11-23-37(8)34(38)26(4)5)19-21-35(29,6)33(30)20-22-36(31,32)7/h9,25,27-33H,1,4,10-24H2,2-3,5-8H3/t27-,28+,29?,30?,31+,32?,33?,35-,36+/m0/s1. The van der Waals surface area contributed by atoms with Crippen LogP contribution in [0.3, 0.4) is 0 Å². The molecule has 2 heteroatoms. The number of carbonyl (C=O) groups is 1. The van der Waals surface area contributed by atoms with E-state index in [2.05, 4.69) is 46.9 Å². The van der Waals surface area contributed by atoms with Gasteiger partial charge in [-0.2, -0.15) is 0 Å². The average Bonchev–Trinajstić information content (AvgIpc) is 3.23. The van der Waals surface area contributed by atoms with E-state index in [9.17, 15) is 4.79 Å². The summed E-state index contributed by atoms with van der Waals surface area (Å²) in [6.07, 6.45) is 22.0. The molecule has 0 heterocycles. The molecule has 0 aromatic carbocycles. The van der Waals surface area contributed by atoms with Crippen molar-refractivity contribution in [2.45, 2.75) is 125 Å². The van der Waals surface area contributed by atoms with Crippen LogP contribution in [0.1, 0.15) is 125 Å². The molecule has 4 aliphatic rings. The number of fused-ring (bicyclic) bond motifs is 5. The summed E-state index contributed by atoms with van der Waals surface area (Å²) in [5.41, 5.74) is 1.77. The van der Waals surface area contributed by atoms with Crippen LogP contribution in [0.15, 0.2) is 24.8 Å². The Hall–Kier alpha value is -1.05. The second-order valence-corrected chi connectivity index (χ2v) is 15.4. The van der Waals surface area contributed by atoms with E-state index >= 15 is 0 Å². The van der Waals surface area contributed by atoms with Crippen LogP contribution in [0, 0.1) is 58.2 Å². The van der Waals surface area contributed by atoms with E-state index in [0.717, 1.165) is 60.3 Å². The Labute approximate surface area is 236 Å². The number of nitrogens with zero attached hydrogens (tertiary/aromatic N) is 1. The minimum Gasteiger partial charge on any atom is -0.342 e. The first-order valence-electron chi connectivity index (χ1n) is 16.5. The van der Waals surface area contributed by atoms with E-state index in [0.29, 0.717) is 16.4 Å². The van der Waals surface area contributed by atoms with Gasteiger partial charge in [0.2, 0.25) is 5.91 Å². The van der Waals surface area contributed by atoms with Gasteiger partial charge in [-0.25, -0.2) is 0 Å². The molecule has 4 rings (SSSR count). The first kappa shape index (κ1) is 29.9. The molecule has 4 unspecified atom stereocenters. The molecule has 216 valence electrons. The molecule has 38 heavy (non-hydrogen) atoms. The van der Waals surface area contributed by atoms with Gasteiger partial charge in [0.25, 0.3) is 0 Å². The molecule has 0 aromatic heterocycles. The summed E-state index contributed by atoms with van der Waals surface area (Å²) in [5.74, 6) is 7.20. The zero-order valence-electron chi connectivity index (χ0n) is 26.1. The van der Waals surface area contributed by atoms with E-state index in [1.54, 1.807) is 0 Å². The molecule has 2 nitrogen and oxygen atoms in total. The van der Waals surface area contributed by atoms with Gasteiger partial charge in [0.15, 0.2) is 0 Å². The monoisotopic (exact) mass is 523 g/mol. The fourth-order valence-corrected chi connectivity index (χ4v) is 10.6. The van der Waals surface area contributed by atoms with Crippen molar-refractivity contribution in [3.05, 3.63) is 24.8 Å². The third kappa shape index (κ3) is 5.85. The second-order valence-electron chi connectivity index (χ2n) is 15.4. The highest BCUT2D eigenvalue weighted by Crippen LogP contribution is 2.69. The van der Waals surface area contributed by atoms with Crippen LogP contribution < -0.4 is 0 Å². The van der Waals surface area contributed by atoms with Crippen molar-refractivity contribution in [2.75, 3.05) is 13.6 Å². The van der Waals surface area contributed by atoms with Crippen LogP contribution in [0.2, 0.25) is 0 Å². The van der Waals surface area contributed by atoms with Crippen LogP contribution in [0.4, 0.5) is 0 Å². The van der Waals surface area contributed by atoms with Gasteiger partial charge in [0.05, 0.1) is 0 Å². The number of likely N-dealkylation sites (N-methyl/N-ethyl adjacent to an activating group) is 1. The third-order valence-electron chi connectivity index (χ3n) is 12.8. The fraction of sp³-hybridized carbons (Fsp3) is 0.861. The second kappa shape index (κ2) is 12.2. The SMILES string of the molecule is C=C[C@H](CCCC(C)C)[C@H]1CCC2C3CCC4C[C@@H](CCCN(C)C(=O)C(=C)C)CC[C@]4(C)C3CC[C@@]21C. The van der Waals surface area contributed by atoms with Gasteiger partial charge in [0, 0.05) is 19.2 Å². The molecular weight excluding hydrogens is 462 g/mol. The summed E-state index contributed by atoms with van der Waals surface area (Å²) < 4.78 is 0. The number of hydrogen-bond acceptors (Lipinski definition) is 1. The van der Waals surface area contributed by atoms with Crippen LogP contribution in [0.5, 0.6) is 0 Å². The quantitative estimate of drug-likeness (QED) is 0.195. The van der Waals surface area contributed by atoms with Gasteiger partial charge >= 0.3 is 0 Å². The van der Waals surface area contributed by atoms with Gasteiger partial charge in [-0.1, -0.05) is 53.2 Å². The molecule has 0 saturated heterocycles. The highest BCUT2D eigenvalue weighted by molar-refractivity contribution is 5.91. The van der Waals surface area contributed by atoms with E-state index in [4.69, 9.17) is 0 Å². The lowest BCUT2D eigenvalue weighted by Crippen LogP contribution is -2.53. The lowest BCUT2D eigenvalue weighted by atomic mass is 9.44. The van der Waals surface area contributed by atoms with Crippen molar-refractivity contribution in [3.8, 4) is 0 Å². The van der Waals surface area contributed by atoms with Gasteiger partial charge in [-0.3, -0.25) is 4.79 Å². The Balaban J connectivity index is 1.34. The summed E-state index contributed by atoms with van der Waals surface area (Å²) >= 11 is 0. The number of rotatable bonds is 11. The van der Waals surface area contributed by atoms with Crippen molar-refractivity contribution < 1.29 is 4.79 Å². The predicted octanol–water partition coefficient (Wildman–Crippen LogP) is 9.70. The molecule has 9 atom stereocenters. The van der Waals surface area contributed by atoms with E-state index in [1.165, 1.54) is 83.5 Å². The van der Waals surface area contributed by atoms with Gasteiger partial charge < -0.3 is 4.90 Å². The molecule has 4 saturated carbocycles. The predicted molar refractivity (Wildman–Crippen MR) is 163 cm³/mol. The van der Waals surface area contributed by atoms with Crippen LogP contribution in [-0.4, -0.2) is 24.4 Å². The van der Waals surface area contributed by atoms with Crippen molar-refractivity contribution in [1.29, 1.82) is 0 Å². The van der Waals surface area contributed by atoms with Crippen LogP contribution >= 0.6 is 0 Å². The molecule has 0 N–H and O–H groups in total. The molecule has 0 bridgehead atoms. The first-order chi connectivity index (χ1) is 18.0. The molecule has 4 aliphatic carbocycles. The lowest BCUT2D eigenvalue weighted by molar-refractivity contribution is -0.126. The highest BCUT2D eigenvalue weighted by atomic mass is 16.2. The first-order valence-corrected chi connectivity index (χ1v) is 16.5. The van der Waals surface area contributed by atoms with Gasteiger partial charge in [-0.15, -0.1) is 6.58 Å². The van der Waals surface area contributed by atoms with E-state index < -0.39 is 0 Å². The maximum Gasteiger partial charge on any atom is 0.248 e. The van der Waals surface area contributed by atoms with E-state index in [1.807, 2.05) is 18.9 Å². The molecule has 0 radical (unpaired) electrons. The van der Waals surface area contributed by atoms with Crippen molar-refractivity contribution in [3.63, 3.8) is 0 Å².